The van der Waals surface area contributed by atoms with Crippen molar-refractivity contribution in [1.82, 2.24) is 14.8 Å². The molecule has 0 radical (unpaired) electrons. The molecular formula is C15H10BrN5O5. The molecule has 10 nitrogen and oxygen atoms in total. The maximum absolute atomic E-state index is 12.2. The van der Waals surface area contributed by atoms with Gasteiger partial charge in [-0.15, -0.1) is 10.2 Å². The number of benzene rings is 1. The van der Waals surface area contributed by atoms with Gasteiger partial charge in [0, 0.05) is 16.1 Å². The Morgan fingerprint density at radius 2 is 2.00 bits per heavy atom. The van der Waals surface area contributed by atoms with Gasteiger partial charge in [-0.3, -0.25) is 24.3 Å². The Balaban J connectivity index is 1.96. The molecule has 0 fully saturated rings. The number of rotatable bonds is 5. The highest BCUT2D eigenvalue weighted by Crippen LogP contribution is 2.21. The normalized spacial score (nSPS) is 10.7. The lowest BCUT2D eigenvalue weighted by atomic mass is 10.2. The Morgan fingerprint density at radius 1 is 1.31 bits per heavy atom. The average Bonchev–Trinajstić information content (AvgIpc) is 3.05. The van der Waals surface area contributed by atoms with Gasteiger partial charge in [0.2, 0.25) is 11.8 Å². The lowest BCUT2D eigenvalue weighted by molar-refractivity contribution is -0.385. The third-order valence-corrected chi connectivity index (χ3v) is 3.94. The predicted molar refractivity (Wildman–Crippen MR) is 92.4 cm³/mol. The molecule has 2 aromatic heterocycles. The van der Waals surface area contributed by atoms with Crippen molar-refractivity contribution in [3.05, 3.63) is 72.9 Å². The highest BCUT2D eigenvalue weighted by Gasteiger charge is 2.19. The molecule has 11 heteroatoms. The number of carbonyl (C=O) groups excluding carboxylic acids is 1. The first kappa shape index (κ1) is 17.5. The number of nitro groups is 1. The molecule has 1 amide bonds. The number of nitrogens with two attached hydrogens (primary N) is 1. The van der Waals surface area contributed by atoms with E-state index in [9.17, 15) is 19.7 Å². The van der Waals surface area contributed by atoms with Crippen LogP contribution in [0.3, 0.4) is 0 Å². The summed E-state index contributed by atoms with van der Waals surface area (Å²) in [5, 5.41) is 18.7. The number of amides is 1. The van der Waals surface area contributed by atoms with Crippen molar-refractivity contribution in [2.45, 2.75) is 6.54 Å². The van der Waals surface area contributed by atoms with Crippen molar-refractivity contribution in [2.75, 3.05) is 0 Å². The van der Waals surface area contributed by atoms with E-state index in [1.807, 2.05) is 0 Å². The molecule has 3 rings (SSSR count). The molecular weight excluding hydrogens is 410 g/mol. The molecule has 1 aromatic carbocycles. The number of nitrogens with zero attached hydrogens (tertiary/aromatic N) is 4. The molecule has 2 N–H and O–H groups in total. The van der Waals surface area contributed by atoms with Crippen LogP contribution < -0.4 is 11.3 Å². The van der Waals surface area contributed by atoms with Crippen LogP contribution in [0, 0.1) is 10.1 Å². The maximum atomic E-state index is 12.2. The Labute approximate surface area is 153 Å². The van der Waals surface area contributed by atoms with Crippen LogP contribution in [0.5, 0.6) is 0 Å². The van der Waals surface area contributed by atoms with Gasteiger partial charge in [0.05, 0.1) is 11.1 Å². The van der Waals surface area contributed by atoms with Crippen molar-refractivity contribution in [3.8, 4) is 11.5 Å². The molecule has 0 aliphatic heterocycles. The Hall–Kier alpha value is -3.34. The second kappa shape index (κ2) is 6.88. The van der Waals surface area contributed by atoms with E-state index in [-0.39, 0.29) is 18.3 Å². The molecule has 0 bridgehead atoms. The van der Waals surface area contributed by atoms with Crippen LogP contribution in [0.15, 0.2) is 50.2 Å². The molecule has 0 saturated heterocycles. The van der Waals surface area contributed by atoms with Crippen LogP contribution in [0.25, 0.3) is 11.5 Å². The van der Waals surface area contributed by atoms with Gasteiger partial charge in [-0.05, 0) is 24.3 Å². The van der Waals surface area contributed by atoms with Gasteiger partial charge in [0.25, 0.3) is 17.2 Å². The van der Waals surface area contributed by atoms with Crippen LogP contribution in [-0.4, -0.2) is 25.6 Å². The maximum Gasteiger partial charge on any atom is 0.286 e. The summed E-state index contributed by atoms with van der Waals surface area (Å²) in [5.41, 5.74) is 4.04. The molecule has 0 aliphatic rings. The summed E-state index contributed by atoms with van der Waals surface area (Å²) in [7, 11) is 0. The number of aromatic nitrogens is 3. The third-order valence-electron chi connectivity index (χ3n) is 3.41. The van der Waals surface area contributed by atoms with E-state index in [2.05, 4.69) is 26.1 Å². The fraction of sp³-hybridized carbons (Fsp3) is 0.0667. The SMILES string of the molecule is NC(=O)c1cc([N+](=O)[O-])cn(Cc2nnc(-c3ccc(Br)cc3)o2)c1=O. The van der Waals surface area contributed by atoms with Gasteiger partial charge in [-0.2, -0.15) is 0 Å². The smallest absolute Gasteiger partial charge is 0.286 e. The zero-order valence-corrected chi connectivity index (χ0v) is 14.5. The minimum Gasteiger partial charge on any atom is -0.419 e. The van der Waals surface area contributed by atoms with E-state index in [0.29, 0.717) is 5.56 Å². The largest absolute Gasteiger partial charge is 0.419 e. The van der Waals surface area contributed by atoms with Crippen molar-refractivity contribution in [3.63, 3.8) is 0 Å². The number of primary amides is 1. The van der Waals surface area contributed by atoms with Gasteiger partial charge in [-0.25, -0.2) is 0 Å². The van der Waals surface area contributed by atoms with E-state index in [4.69, 9.17) is 10.2 Å². The number of hydrogen-bond donors (Lipinski definition) is 1. The summed E-state index contributed by atoms with van der Waals surface area (Å²) in [6.45, 7) is -0.246. The highest BCUT2D eigenvalue weighted by atomic mass is 79.9. The molecule has 0 atom stereocenters. The van der Waals surface area contributed by atoms with E-state index < -0.39 is 27.6 Å². The van der Waals surface area contributed by atoms with Crippen molar-refractivity contribution in [2.24, 2.45) is 5.73 Å². The van der Waals surface area contributed by atoms with E-state index in [0.717, 1.165) is 21.3 Å². The van der Waals surface area contributed by atoms with Crippen LogP contribution in [0.1, 0.15) is 16.2 Å². The van der Waals surface area contributed by atoms with Gasteiger partial charge in [0.15, 0.2) is 0 Å². The quantitative estimate of drug-likeness (QED) is 0.488. The third kappa shape index (κ3) is 3.52. The summed E-state index contributed by atoms with van der Waals surface area (Å²) in [5.74, 6) is -0.796. The molecule has 0 aliphatic carbocycles. The van der Waals surface area contributed by atoms with Crippen LogP contribution >= 0.6 is 15.9 Å². The lowest BCUT2D eigenvalue weighted by Gasteiger charge is -2.04. The number of halogens is 1. The van der Waals surface area contributed by atoms with Crippen LogP contribution in [-0.2, 0) is 6.54 Å². The Bertz CT molecular complexity index is 1060. The van der Waals surface area contributed by atoms with Crippen molar-refractivity contribution < 1.29 is 14.1 Å². The topological polar surface area (TPSA) is 147 Å². The number of carbonyl (C=O) groups is 1. The number of hydrogen-bond acceptors (Lipinski definition) is 7. The molecule has 3 aromatic rings. The zero-order valence-electron chi connectivity index (χ0n) is 13.0. The second-order valence-electron chi connectivity index (χ2n) is 5.17. The first-order valence-corrected chi connectivity index (χ1v) is 7.91. The molecule has 0 spiro atoms. The predicted octanol–water partition coefficient (Wildman–Crippen LogP) is 1.72. The van der Waals surface area contributed by atoms with Gasteiger partial charge in [-0.1, -0.05) is 15.9 Å². The van der Waals surface area contributed by atoms with Gasteiger partial charge >= 0.3 is 0 Å². The first-order chi connectivity index (χ1) is 12.3. The Morgan fingerprint density at radius 3 is 2.62 bits per heavy atom. The summed E-state index contributed by atoms with van der Waals surface area (Å²) in [6.07, 6.45) is 0.984. The molecule has 26 heavy (non-hydrogen) atoms. The van der Waals surface area contributed by atoms with Crippen molar-refractivity contribution in [1.29, 1.82) is 0 Å². The highest BCUT2D eigenvalue weighted by molar-refractivity contribution is 9.10. The molecule has 132 valence electrons. The number of pyridine rings is 1. The van der Waals surface area contributed by atoms with Crippen LogP contribution in [0.4, 0.5) is 5.69 Å². The second-order valence-corrected chi connectivity index (χ2v) is 6.09. The fourth-order valence-electron chi connectivity index (χ4n) is 2.19. The minimum absolute atomic E-state index is 0.0425. The van der Waals surface area contributed by atoms with E-state index in [1.54, 1.807) is 24.3 Å². The summed E-state index contributed by atoms with van der Waals surface area (Å²) in [4.78, 5) is 33.9. The lowest BCUT2D eigenvalue weighted by Crippen LogP contribution is -2.30. The standard InChI is InChI=1S/C15H10BrN5O5/c16-9-3-1-8(2-4-9)14-19-18-12(26-14)7-20-6-10(21(24)25)5-11(13(17)22)15(20)23/h1-6H,7H2,(H2,17,22). The molecule has 2 heterocycles. The minimum atomic E-state index is -1.06. The fourth-order valence-corrected chi connectivity index (χ4v) is 2.45. The molecule has 0 unspecified atom stereocenters. The Kier molecular flexibility index (Phi) is 4.63. The summed E-state index contributed by atoms with van der Waals surface area (Å²) < 4.78 is 7.29. The monoisotopic (exact) mass is 419 g/mol. The van der Waals surface area contributed by atoms with Crippen molar-refractivity contribution >= 4 is 27.5 Å². The van der Waals surface area contributed by atoms with Crippen LogP contribution in [0.2, 0.25) is 0 Å². The summed E-state index contributed by atoms with van der Waals surface area (Å²) in [6, 6.07) is 7.94. The van der Waals surface area contributed by atoms with E-state index >= 15 is 0 Å². The summed E-state index contributed by atoms with van der Waals surface area (Å²) >= 11 is 3.31. The zero-order chi connectivity index (χ0) is 18.8. The van der Waals surface area contributed by atoms with Gasteiger partial charge in [0.1, 0.15) is 12.1 Å². The van der Waals surface area contributed by atoms with Gasteiger partial charge < -0.3 is 10.2 Å². The first-order valence-electron chi connectivity index (χ1n) is 7.12. The van der Waals surface area contributed by atoms with E-state index in [1.165, 1.54) is 0 Å². The average molecular weight is 420 g/mol. The molecule has 0 saturated carbocycles.